The summed E-state index contributed by atoms with van der Waals surface area (Å²) in [5.74, 6) is 0.163. The van der Waals surface area contributed by atoms with Crippen LogP contribution >= 0.6 is 11.3 Å². The van der Waals surface area contributed by atoms with Crippen LogP contribution in [0.25, 0.3) is 0 Å². The predicted molar refractivity (Wildman–Crippen MR) is 94.1 cm³/mol. The Labute approximate surface area is 141 Å². The Balaban J connectivity index is 1.52. The van der Waals surface area contributed by atoms with Crippen LogP contribution in [0.5, 0.6) is 0 Å². The first-order valence-electron chi connectivity index (χ1n) is 8.09. The highest BCUT2D eigenvalue weighted by molar-refractivity contribution is 7.07. The Bertz CT molecular complexity index is 641. The molecule has 0 radical (unpaired) electrons. The molecule has 2 aromatic rings. The third-order valence-electron chi connectivity index (χ3n) is 4.30. The quantitative estimate of drug-likeness (QED) is 0.865. The van der Waals surface area contributed by atoms with Crippen molar-refractivity contribution in [3.63, 3.8) is 0 Å². The van der Waals surface area contributed by atoms with Crippen molar-refractivity contribution in [1.29, 1.82) is 0 Å². The number of aryl methyl sites for hydroxylation is 2. The summed E-state index contributed by atoms with van der Waals surface area (Å²) in [7, 11) is 0. The van der Waals surface area contributed by atoms with Crippen molar-refractivity contribution in [2.45, 2.75) is 20.3 Å². The molecular weight excluding hydrogens is 306 g/mol. The van der Waals surface area contributed by atoms with Gasteiger partial charge in [-0.15, -0.1) is 11.3 Å². The lowest BCUT2D eigenvalue weighted by atomic mass is 10.1. The van der Waals surface area contributed by atoms with Crippen LogP contribution in [0.1, 0.15) is 27.2 Å². The van der Waals surface area contributed by atoms with Gasteiger partial charge in [-0.25, -0.2) is 4.98 Å². The zero-order chi connectivity index (χ0) is 16.2. The second-order valence-corrected chi connectivity index (χ2v) is 6.96. The van der Waals surface area contributed by atoms with Crippen molar-refractivity contribution in [3.05, 3.63) is 51.5 Å². The van der Waals surface area contributed by atoms with E-state index in [4.69, 9.17) is 0 Å². The van der Waals surface area contributed by atoms with Crippen molar-refractivity contribution in [2.24, 2.45) is 0 Å². The van der Waals surface area contributed by atoms with Gasteiger partial charge in [0, 0.05) is 50.1 Å². The molecule has 1 amide bonds. The van der Waals surface area contributed by atoms with E-state index in [2.05, 4.69) is 21.3 Å². The molecule has 1 fully saturated rings. The summed E-state index contributed by atoms with van der Waals surface area (Å²) in [6, 6.07) is 6.08. The van der Waals surface area contributed by atoms with Crippen LogP contribution in [-0.2, 0) is 6.42 Å². The van der Waals surface area contributed by atoms with Gasteiger partial charge in [0.2, 0.25) is 0 Å². The molecule has 122 valence electrons. The molecule has 1 aliphatic heterocycles. The first-order chi connectivity index (χ1) is 11.1. The summed E-state index contributed by atoms with van der Waals surface area (Å²) < 4.78 is 0. The number of hydrogen-bond acceptors (Lipinski definition) is 4. The lowest BCUT2D eigenvalue weighted by Gasteiger charge is -2.34. The van der Waals surface area contributed by atoms with E-state index >= 15 is 0 Å². The summed E-state index contributed by atoms with van der Waals surface area (Å²) in [6.45, 7) is 8.61. The number of carbonyl (C=O) groups excluding carboxylic acids is 1. The fraction of sp³-hybridized carbons (Fsp3) is 0.444. The molecule has 1 saturated heterocycles. The number of nitrogens with zero attached hydrogens (tertiary/aromatic N) is 3. The zero-order valence-electron chi connectivity index (χ0n) is 13.8. The Morgan fingerprint density at radius 3 is 2.43 bits per heavy atom. The number of aromatic nitrogens is 1. The first-order valence-corrected chi connectivity index (χ1v) is 9.03. The van der Waals surface area contributed by atoms with Gasteiger partial charge in [0.05, 0.1) is 11.2 Å². The number of carbonyl (C=O) groups is 1. The van der Waals surface area contributed by atoms with Crippen LogP contribution in [0.2, 0.25) is 0 Å². The number of rotatable bonds is 4. The number of thiazole rings is 1. The Kier molecular flexibility index (Phi) is 5.08. The standard InChI is InChI=1S/C18H23N3OS/c1-14-9-15(2)11-16(10-14)18(22)21-7-5-20(6-8-21)4-3-17-12-23-13-19-17/h9-13H,3-8H2,1-2H3. The van der Waals surface area contributed by atoms with Crippen molar-refractivity contribution < 1.29 is 4.79 Å². The lowest BCUT2D eigenvalue weighted by molar-refractivity contribution is 0.0638. The van der Waals surface area contributed by atoms with Crippen LogP contribution < -0.4 is 0 Å². The normalized spacial score (nSPS) is 15.8. The van der Waals surface area contributed by atoms with Crippen molar-refractivity contribution in [3.8, 4) is 0 Å². The summed E-state index contributed by atoms with van der Waals surface area (Å²) in [5, 5.41) is 2.11. The summed E-state index contributed by atoms with van der Waals surface area (Å²) >= 11 is 1.65. The van der Waals surface area contributed by atoms with Crippen molar-refractivity contribution in [1.82, 2.24) is 14.8 Å². The SMILES string of the molecule is Cc1cc(C)cc(C(=O)N2CCN(CCc3cscn3)CC2)c1. The number of amides is 1. The van der Waals surface area contributed by atoms with Crippen LogP contribution in [0.4, 0.5) is 0 Å². The average molecular weight is 329 g/mol. The van der Waals surface area contributed by atoms with Crippen LogP contribution in [0.15, 0.2) is 29.1 Å². The monoisotopic (exact) mass is 329 g/mol. The maximum Gasteiger partial charge on any atom is 0.253 e. The van der Waals surface area contributed by atoms with Gasteiger partial charge in [-0.2, -0.15) is 0 Å². The van der Waals surface area contributed by atoms with Gasteiger partial charge in [0.15, 0.2) is 0 Å². The van der Waals surface area contributed by atoms with Gasteiger partial charge in [0.25, 0.3) is 5.91 Å². The van der Waals surface area contributed by atoms with Crippen LogP contribution in [0.3, 0.4) is 0 Å². The van der Waals surface area contributed by atoms with Crippen LogP contribution in [0, 0.1) is 13.8 Å². The first kappa shape index (κ1) is 16.1. The molecule has 0 saturated carbocycles. The van der Waals surface area contributed by atoms with Crippen molar-refractivity contribution in [2.75, 3.05) is 32.7 Å². The molecule has 1 aliphatic rings. The van der Waals surface area contributed by atoms with Gasteiger partial charge in [0.1, 0.15) is 0 Å². The lowest BCUT2D eigenvalue weighted by Crippen LogP contribution is -2.49. The van der Waals surface area contributed by atoms with E-state index in [0.717, 1.165) is 55.8 Å². The third-order valence-corrected chi connectivity index (χ3v) is 4.93. The average Bonchev–Trinajstić information content (AvgIpc) is 3.05. The minimum Gasteiger partial charge on any atom is -0.336 e. The Morgan fingerprint density at radius 1 is 1.13 bits per heavy atom. The Morgan fingerprint density at radius 2 is 1.83 bits per heavy atom. The molecule has 2 heterocycles. The topological polar surface area (TPSA) is 36.4 Å². The van der Waals surface area contributed by atoms with Crippen molar-refractivity contribution >= 4 is 17.2 Å². The number of hydrogen-bond donors (Lipinski definition) is 0. The highest BCUT2D eigenvalue weighted by Gasteiger charge is 2.22. The van der Waals surface area contributed by atoms with Gasteiger partial charge in [-0.3, -0.25) is 9.69 Å². The van der Waals surface area contributed by atoms with E-state index in [1.165, 1.54) is 5.69 Å². The molecule has 0 atom stereocenters. The fourth-order valence-corrected chi connectivity index (χ4v) is 3.68. The van der Waals surface area contributed by atoms with E-state index in [1.807, 2.05) is 36.4 Å². The van der Waals surface area contributed by atoms with Gasteiger partial charge < -0.3 is 4.90 Å². The molecule has 23 heavy (non-hydrogen) atoms. The molecule has 1 aromatic heterocycles. The molecular formula is C18H23N3OS. The molecule has 1 aromatic carbocycles. The highest BCUT2D eigenvalue weighted by atomic mass is 32.1. The molecule has 0 bridgehead atoms. The van der Waals surface area contributed by atoms with E-state index in [-0.39, 0.29) is 5.91 Å². The van der Waals surface area contributed by atoms with Gasteiger partial charge in [-0.05, 0) is 26.0 Å². The van der Waals surface area contributed by atoms with E-state index in [9.17, 15) is 4.79 Å². The largest absolute Gasteiger partial charge is 0.336 e. The second-order valence-electron chi connectivity index (χ2n) is 6.24. The minimum absolute atomic E-state index is 0.163. The number of benzene rings is 1. The minimum atomic E-state index is 0.163. The predicted octanol–water partition coefficient (Wildman–Crippen LogP) is 2.76. The zero-order valence-corrected chi connectivity index (χ0v) is 14.6. The molecule has 4 nitrogen and oxygen atoms in total. The van der Waals surface area contributed by atoms with Gasteiger partial charge in [-0.1, -0.05) is 17.2 Å². The van der Waals surface area contributed by atoms with E-state index in [1.54, 1.807) is 11.3 Å². The third kappa shape index (κ3) is 4.18. The second kappa shape index (κ2) is 7.23. The summed E-state index contributed by atoms with van der Waals surface area (Å²) in [6.07, 6.45) is 0.995. The smallest absolute Gasteiger partial charge is 0.253 e. The van der Waals surface area contributed by atoms with Crippen LogP contribution in [-0.4, -0.2) is 53.4 Å². The maximum atomic E-state index is 12.7. The number of piperazine rings is 1. The molecule has 0 unspecified atom stereocenters. The molecule has 0 aliphatic carbocycles. The molecule has 0 N–H and O–H groups in total. The summed E-state index contributed by atoms with van der Waals surface area (Å²) in [5.41, 5.74) is 6.17. The van der Waals surface area contributed by atoms with Gasteiger partial charge >= 0.3 is 0 Å². The fourth-order valence-electron chi connectivity index (χ4n) is 3.09. The van der Waals surface area contributed by atoms with E-state index < -0.39 is 0 Å². The summed E-state index contributed by atoms with van der Waals surface area (Å²) in [4.78, 5) is 21.4. The molecule has 5 heteroatoms. The Hall–Kier alpha value is -1.72. The molecule has 3 rings (SSSR count). The van der Waals surface area contributed by atoms with E-state index in [0.29, 0.717) is 0 Å². The molecule has 0 spiro atoms. The highest BCUT2D eigenvalue weighted by Crippen LogP contribution is 2.13. The maximum absolute atomic E-state index is 12.7.